The average molecular weight is 399 g/mol. The van der Waals surface area contributed by atoms with Crippen LogP contribution in [-0.2, 0) is 4.74 Å². The van der Waals surface area contributed by atoms with E-state index in [2.05, 4.69) is 39.6 Å². The molecule has 0 bridgehead atoms. The van der Waals surface area contributed by atoms with E-state index in [0.717, 1.165) is 51.8 Å². The fraction of sp³-hybridized carbons (Fsp3) is 0.905. The summed E-state index contributed by atoms with van der Waals surface area (Å²) in [6, 6.07) is -0.0906. The molecule has 0 aromatic rings. The molecular weight excluding hydrogens is 357 g/mol. The minimum Gasteiger partial charge on any atom is -0.377 e. The van der Waals surface area contributed by atoms with E-state index in [4.69, 9.17) is 8.85 Å². The van der Waals surface area contributed by atoms with Crippen molar-refractivity contribution in [3.05, 3.63) is 11.6 Å². The van der Waals surface area contributed by atoms with Gasteiger partial charge in [-0.05, 0) is 58.0 Å². The van der Waals surface area contributed by atoms with Gasteiger partial charge in [0.1, 0.15) is 12.5 Å². The fourth-order valence-electron chi connectivity index (χ4n) is 5.49. The van der Waals surface area contributed by atoms with Crippen LogP contribution in [0.3, 0.4) is 0 Å². The van der Waals surface area contributed by atoms with Gasteiger partial charge in [0, 0.05) is 35.3 Å². The Morgan fingerprint density at radius 3 is 3.18 bits per heavy atom. The van der Waals surface area contributed by atoms with Crippen molar-refractivity contribution in [2.45, 2.75) is 82.7 Å². The van der Waals surface area contributed by atoms with Gasteiger partial charge < -0.3 is 15.4 Å². The van der Waals surface area contributed by atoms with Crippen LogP contribution < -0.4 is 26.6 Å². The number of hydrogen-bond acceptors (Lipinski definition) is 6. The summed E-state index contributed by atoms with van der Waals surface area (Å²) < 4.78 is 44.3. The fourth-order valence-corrected chi connectivity index (χ4v) is 5.49. The molecule has 0 aromatic carbocycles. The highest BCUT2D eigenvalue weighted by Gasteiger charge is 2.49. The first-order valence-corrected chi connectivity index (χ1v) is 11.0. The van der Waals surface area contributed by atoms with Gasteiger partial charge in [0.2, 0.25) is 0 Å². The summed E-state index contributed by atoms with van der Waals surface area (Å²) in [6.07, 6.45) is 5.21. The topological polar surface area (TPSA) is 69.4 Å². The highest BCUT2D eigenvalue weighted by atomic mass is 19.1. The van der Waals surface area contributed by atoms with Crippen LogP contribution >= 0.6 is 0 Å². The summed E-state index contributed by atoms with van der Waals surface area (Å²) >= 11 is 0. The van der Waals surface area contributed by atoms with Crippen LogP contribution in [0, 0.1) is 11.8 Å². The van der Waals surface area contributed by atoms with E-state index in [1.807, 2.05) is 0 Å². The third-order valence-corrected chi connectivity index (χ3v) is 6.79. The summed E-state index contributed by atoms with van der Waals surface area (Å²) in [5.74, 6) is 0.182. The molecule has 1 aliphatic carbocycles. The van der Waals surface area contributed by atoms with Crippen LogP contribution in [-0.4, -0.2) is 63.1 Å². The van der Waals surface area contributed by atoms with Crippen molar-refractivity contribution in [2.24, 2.45) is 11.8 Å². The lowest BCUT2D eigenvalue weighted by Gasteiger charge is -2.45. The van der Waals surface area contributed by atoms with Crippen LogP contribution in [0.5, 0.6) is 0 Å². The number of rotatable bonds is 5. The Morgan fingerprint density at radius 2 is 2.29 bits per heavy atom. The van der Waals surface area contributed by atoms with Crippen molar-refractivity contribution in [1.29, 1.82) is 0 Å². The van der Waals surface area contributed by atoms with Crippen LogP contribution in [0.4, 0.5) is 4.39 Å². The number of hydrogen-bond donors (Lipinski definition) is 5. The molecule has 7 heteroatoms. The van der Waals surface area contributed by atoms with E-state index in [-0.39, 0.29) is 43.1 Å². The van der Waals surface area contributed by atoms with Crippen molar-refractivity contribution in [1.82, 2.24) is 26.6 Å². The molecule has 0 amide bonds. The SMILES string of the molecule is [2H]C([2H])([2H])CNC1CC(C)NC(NC2CC3CCOC3C(C3=CCNCCC3)C2F)N1. The smallest absolute Gasteiger partial charge is 0.124 e. The second-order valence-electron chi connectivity index (χ2n) is 8.79. The molecule has 4 rings (SSSR count). The third-order valence-electron chi connectivity index (χ3n) is 6.79. The number of alkyl halides is 1. The molecule has 4 aliphatic rings. The first-order valence-electron chi connectivity index (χ1n) is 12.5. The monoisotopic (exact) mass is 398 g/mol. The standard InChI is InChI=1S/C21H38FN5O/c1-3-24-17-11-13(2)25-21(27-17)26-16-12-15-7-10-28-20(15)18(19(16)22)14-5-4-8-23-9-6-14/h6,13,15-21,23-27H,3-5,7-12H2,1-2H3/i1D3. The number of halogens is 1. The van der Waals surface area contributed by atoms with Crippen LogP contribution in [0.1, 0.15) is 50.0 Å². The van der Waals surface area contributed by atoms with E-state index in [0.29, 0.717) is 5.92 Å². The van der Waals surface area contributed by atoms with Gasteiger partial charge in [-0.3, -0.25) is 16.0 Å². The Balaban J connectivity index is 1.42. The maximum Gasteiger partial charge on any atom is 0.124 e. The predicted octanol–water partition coefficient (Wildman–Crippen LogP) is 1.21. The average Bonchev–Trinajstić information content (AvgIpc) is 2.99. The molecule has 3 heterocycles. The molecule has 0 aromatic heterocycles. The van der Waals surface area contributed by atoms with Crippen LogP contribution in [0.25, 0.3) is 0 Å². The van der Waals surface area contributed by atoms with E-state index in [1.165, 1.54) is 5.57 Å². The minimum absolute atomic E-state index is 0.0164. The zero-order valence-electron chi connectivity index (χ0n) is 19.8. The number of ether oxygens (including phenoxy) is 1. The summed E-state index contributed by atoms with van der Waals surface area (Å²) in [5, 5.41) is 16.8. The van der Waals surface area contributed by atoms with E-state index >= 15 is 4.39 Å². The van der Waals surface area contributed by atoms with Gasteiger partial charge in [0.05, 0.1) is 12.3 Å². The second kappa shape index (κ2) is 9.49. The zero-order valence-corrected chi connectivity index (χ0v) is 16.8. The largest absolute Gasteiger partial charge is 0.377 e. The first-order chi connectivity index (χ1) is 14.8. The van der Waals surface area contributed by atoms with E-state index < -0.39 is 13.0 Å². The maximum absolute atomic E-state index is 16.0. The van der Waals surface area contributed by atoms with Crippen molar-refractivity contribution < 1.29 is 13.2 Å². The Kier molecular flexibility index (Phi) is 5.81. The molecule has 3 aliphatic heterocycles. The summed E-state index contributed by atoms with van der Waals surface area (Å²) in [6.45, 7) is 2.49. The molecule has 3 fully saturated rings. The van der Waals surface area contributed by atoms with Gasteiger partial charge in [-0.25, -0.2) is 4.39 Å². The zero-order chi connectivity index (χ0) is 22.0. The Hall–Kier alpha value is -0.570. The molecule has 8 atom stereocenters. The molecule has 0 spiro atoms. The molecule has 1 saturated carbocycles. The molecule has 28 heavy (non-hydrogen) atoms. The van der Waals surface area contributed by atoms with E-state index in [1.54, 1.807) is 0 Å². The molecule has 6 nitrogen and oxygen atoms in total. The second-order valence-corrected chi connectivity index (χ2v) is 8.79. The first kappa shape index (κ1) is 17.1. The minimum atomic E-state index is -2.02. The molecule has 8 unspecified atom stereocenters. The Bertz CT molecular complexity index is 637. The lowest BCUT2D eigenvalue weighted by atomic mass is 9.71. The Morgan fingerprint density at radius 1 is 1.36 bits per heavy atom. The lowest BCUT2D eigenvalue weighted by Crippen LogP contribution is -2.69. The maximum atomic E-state index is 16.0. The number of nitrogens with one attached hydrogen (secondary N) is 5. The predicted molar refractivity (Wildman–Crippen MR) is 110 cm³/mol. The van der Waals surface area contributed by atoms with Crippen molar-refractivity contribution in [3.63, 3.8) is 0 Å². The van der Waals surface area contributed by atoms with Gasteiger partial charge in [-0.1, -0.05) is 18.5 Å². The molecular formula is C21H38FN5O. The Labute approximate surface area is 173 Å². The van der Waals surface area contributed by atoms with Crippen molar-refractivity contribution in [3.8, 4) is 0 Å². The normalized spacial score (nSPS) is 46.6. The van der Waals surface area contributed by atoms with Crippen molar-refractivity contribution >= 4 is 0 Å². The van der Waals surface area contributed by atoms with E-state index in [9.17, 15) is 0 Å². The van der Waals surface area contributed by atoms with Crippen LogP contribution in [0.2, 0.25) is 0 Å². The molecule has 5 N–H and O–H groups in total. The van der Waals surface area contributed by atoms with Gasteiger partial charge in [0.25, 0.3) is 0 Å². The molecule has 160 valence electrons. The molecule has 0 radical (unpaired) electrons. The summed E-state index contributed by atoms with van der Waals surface area (Å²) in [7, 11) is 0. The summed E-state index contributed by atoms with van der Waals surface area (Å²) in [5.41, 5.74) is 1.20. The summed E-state index contributed by atoms with van der Waals surface area (Å²) in [4.78, 5) is 0. The van der Waals surface area contributed by atoms with Gasteiger partial charge in [-0.15, -0.1) is 0 Å². The number of fused-ring (bicyclic) bond motifs is 1. The van der Waals surface area contributed by atoms with Gasteiger partial charge in [0.15, 0.2) is 0 Å². The lowest BCUT2D eigenvalue weighted by molar-refractivity contribution is -0.0262. The highest BCUT2D eigenvalue weighted by Crippen LogP contribution is 2.44. The van der Waals surface area contributed by atoms with Gasteiger partial charge in [-0.2, -0.15) is 0 Å². The van der Waals surface area contributed by atoms with Crippen molar-refractivity contribution in [2.75, 3.05) is 26.2 Å². The quantitative estimate of drug-likeness (QED) is 0.449. The third kappa shape index (κ3) is 4.60. The van der Waals surface area contributed by atoms with Gasteiger partial charge >= 0.3 is 0 Å². The van der Waals surface area contributed by atoms with Crippen LogP contribution in [0.15, 0.2) is 11.6 Å². The highest BCUT2D eigenvalue weighted by molar-refractivity contribution is 5.18. The molecule has 2 saturated heterocycles.